The Morgan fingerprint density at radius 2 is 1.89 bits per heavy atom. The van der Waals surface area contributed by atoms with E-state index < -0.39 is 0 Å². The van der Waals surface area contributed by atoms with Crippen molar-refractivity contribution in [2.75, 3.05) is 11.1 Å². The number of rotatable bonds is 2. The first-order valence-corrected chi connectivity index (χ1v) is 5.78. The summed E-state index contributed by atoms with van der Waals surface area (Å²) in [7, 11) is 0. The van der Waals surface area contributed by atoms with Gasteiger partial charge in [0, 0.05) is 16.9 Å². The minimum Gasteiger partial charge on any atom is -0.398 e. The Morgan fingerprint density at radius 1 is 1.21 bits per heavy atom. The maximum Gasteiger partial charge on any atom is 0.256 e. The summed E-state index contributed by atoms with van der Waals surface area (Å²) in [5, 5.41) is 11.5. The third-order valence-corrected chi connectivity index (χ3v) is 2.89. The van der Waals surface area contributed by atoms with Gasteiger partial charge in [-0.2, -0.15) is 5.26 Å². The number of nitrogens with two attached hydrogens (primary N) is 1. The fraction of sp³-hybridized carbons (Fsp3) is 0.0667. The fourth-order valence-corrected chi connectivity index (χ4v) is 1.73. The Hall–Kier alpha value is -2.80. The van der Waals surface area contributed by atoms with Crippen molar-refractivity contribution < 1.29 is 4.79 Å². The number of nitriles is 1. The molecule has 3 N–H and O–H groups in total. The van der Waals surface area contributed by atoms with Gasteiger partial charge in [-0.1, -0.05) is 6.07 Å². The summed E-state index contributed by atoms with van der Waals surface area (Å²) in [5.74, 6) is -0.213. The van der Waals surface area contributed by atoms with Crippen molar-refractivity contribution in [3.05, 3.63) is 59.2 Å². The third kappa shape index (κ3) is 2.72. The number of nitrogen functional groups attached to an aromatic ring is 1. The molecule has 2 rings (SSSR count). The zero-order valence-electron chi connectivity index (χ0n) is 10.5. The molecule has 4 nitrogen and oxygen atoms in total. The van der Waals surface area contributed by atoms with Crippen LogP contribution in [0, 0.1) is 18.3 Å². The number of hydrogen-bond donors (Lipinski definition) is 2. The van der Waals surface area contributed by atoms with Gasteiger partial charge in [0.2, 0.25) is 0 Å². The zero-order valence-corrected chi connectivity index (χ0v) is 10.5. The van der Waals surface area contributed by atoms with Crippen LogP contribution < -0.4 is 11.1 Å². The van der Waals surface area contributed by atoms with E-state index in [4.69, 9.17) is 11.0 Å². The van der Waals surface area contributed by atoms with Crippen LogP contribution in [0.5, 0.6) is 0 Å². The summed E-state index contributed by atoms with van der Waals surface area (Å²) in [6.07, 6.45) is 0. The molecule has 2 aromatic rings. The number of anilines is 2. The summed E-state index contributed by atoms with van der Waals surface area (Å²) < 4.78 is 0. The standard InChI is InChI=1S/C15H13N3O/c1-10-13(3-2-4-14(10)17)15(19)18-12-7-5-11(9-16)6-8-12/h2-8H,17H2,1H3,(H,18,19). The predicted molar refractivity (Wildman–Crippen MR) is 74.7 cm³/mol. The molecule has 0 saturated carbocycles. The number of benzene rings is 2. The first-order valence-electron chi connectivity index (χ1n) is 5.78. The molecular formula is C15H13N3O. The molecule has 2 aromatic carbocycles. The van der Waals surface area contributed by atoms with Crippen molar-refractivity contribution in [3.8, 4) is 6.07 Å². The Kier molecular flexibility index (Phi) is 3.48. The van der Waals surface area contributed by atoms with Gasteiger partial charge >= 0.3 is 0 Å². The van der Waals surface area contributed by atoms with Gasteiger partial charge < -0.3 is 11.1 Å². The van der Waals surface area contributed by atoms with Gasteiger partial charge in [-0.25, -0.2) is 0 Å². The van der Waals surface area contributed by atoms with Crippen LogP contribution in [0.15, 0.2) is 42.5 Å². The lowest BCUT2D eigenvalue weighted by atomic mass is 10.1. The lowest BCUT2D eigenvalue weighted by molar-refractivity contribution is 0.102. The maximum atomic E-state index is 12.1. The van der Waals surface area contributed by atoms with Gasteiger partial charge in [0.15, 0.2) is 0 Å². The highest BCUT2D eigenvalue weighted by molar-refractivity contribution is 6.06. The lowest BCUT2D eigenvalue weighted by Gasteiger charge is -2.09. The van der Waals surface area contributed by atoms with E-state index in [1.807, 2.05) is 13.0 Å². The molecule has 94 valence electrons. The quantitative estimate of drug-likeness (QED) is 0.805. The molecule has 0 heterocycles. The van der Waals surface area contributed by atoms with Gasteiger partial charge in [-0.15, -0.1) is 0 Å². The number of hydrogen-bond acceptors (Lipinski definition) is 3. The van der Waals surface area contributed by atoms with Crippen LogP contribution in [-0.2, 0) is 0 Å². The molecule has 19 heavy (non-hydrogen) atoms. The van der Waals surface area contributed by atoms with E-state index in [2.05, 4.69) is 5.32 Å². The van der Waals surface area contributed by atoms with Gasteiger partial charge in [-0.05, 0) is 48.9 Å². The highest BCUT2D eigenvalue weighted by Crippen LogP contribution is 2.17. The Labute approximate surface area is 111 Å². The first kappa shape index (κ1) is 12.7. The SMILES string of the molecule is Cc1c(N)cccc1C(=O)Nc1ccc(C#N)cc1. The van der Waals surface area contributed by atoms with E-state index in [1.54, 1.807) is 42.5 Å². The molecule has 0 spiro atoms. The summed E-state index contributed by atoms with van der Waals surface area (Å²) in [5.41, 5.74) is 8.87. The average molecular weight is 251 g/mol. The van der Waals surface area contributed by atoms with E-state index in [9.17, 15) is 4.79 Å². The van der Waals surface area contributed by atoms with Crippen LogP contribution in [0.2, 0.25) is 0 Å². The maximum absolute atomic E-state index is 12.1. The second kappa shape index (κ2) is 5.23. The van der Waals surface area contributed by atoms with Crippen LogP contribution in [0.1, 0.15) is 21.5 Å². The summed E-state index contributed by atoms with van der Waals surface area (Å²) in [6.45, 7) is 1.81. The topological polar surface area (TPSA) is 78.9 Å². The monoisotopic (exact) mass is 251 g/mol. The Bertz CT molecular complexity index is 654. The molecule has 1 amide bonds. The number of amides is 1. The van der Waals surface area contributed by atoms with Crippen LogP contribution in [-0.4, -0.2) is 5.91 Å². The highest BCUT2D eigenvalue weighted by Gasteiger charge is 2.10. The van der Waals surface area contributed by atoms with Crippen LogP contribution in [0.25, 0.3) is 0 Å². The molecule has 0 fully saturated rings. The number of nitrogens with zero attached hydrogens (tertiary/aromatic N) is 1. The van der Waals surface area contributed by atoms with Crippen LogP contribution >= 0.6 is 0 Å². The normalized spacial score (nSPS) is 9.68. The molecule has 0 aliphatic carbocycles. The van der Waals surface area contributed by atoms with Crippen molar-refractivity contribution in [1.29, 1.82) is 5.26 Å². The van der Waals surface area contributed by atoms with E-state index in [0.717, 1.165) is 5.56 Å². The first-order chi connectivity index (χ1) is 9.11. The van der Waals surface area contributed by atoms with Gasteiger partial charge in [0.25, 0.3) is 5.91 Å². The third-order valence-electron chi connectivity index (χ3n) is 2.89. The second-order valence-electron chi connectivity index (χ2n) is 4.16. The van der Waals surface area contributed by atoms with Crippen molar-refractivity contribution in [2.24, 2.45) is 0 Å². The molecule has 0 aliphatic heterocycles. The summed E-state index contributed by atoms with van der Waals surface area (Å²) >= 11 is 0. The minimum atomic E-state index is -0.213. The Balaban J connectivity index is 2.21. The number of nitrogens with one attached hydrogen (secondary N) is 1. The predicted octanol–water partition coefficient (Wildman–Crippen LogP) is 2.70. The lowest BCUT2D eigenvalue weighted by Crippen LogP contribution is -2.14. The van der Waals surface area contributed by atoms with E-state index in [1.165, 1.54) is 0 Å². The van der Waals surface area contributed by atoms with Crippen molar-refractivity contribution in [1.82, 2.24) is 0 Å². The van der Waals surface area contributed by atoms with Gasteiger partial charge in [-0.3, -0.25) is 4.79 Å². The summed E-state index contributed by atoms with van der Waals surface area (Å²) in [4.78, 5) is 12.1. The second-order valence-corrected chi connectivity index (χ2v) is 4.16. The number of carbonyl (C=O) groups excluding carboxylic acids is 1. The van der Waals surface area contributed by atoms with E-state index >= 15 is 0 Å². The van der Waals surface area contributed by atoms with Gasteiger partial charge in [0.1, 0.15) is 0 Å². The fourth-order valence-electron chi connectivity index (χ4n) is 1.73. The molecule has 0 atom stereocenters. The smallest absolute Gasteiger partial charge is 0.256 e. The van der Waals surface area contributed by atoms with Crippen LogP contribution in [0.3, 0.4) is 0 Å². The average Bonchev–Trinajstić information content (AvgIpc) is 2.42. The Morgan fingerprint density at radius 3 is 2.53 bits per heavy atom. The van der Waals surface area contributed by atoms with E-state index in [-0.39, 0.29) is 5.91 Å². The van der Waals surface area contributed by atoms with E-state index in [0.29, 0.717) is 22.5 Å². The van der Waals surface area contributed by atoms with Crippen molar-refractivity contribution in [3.63, 3.8) is 0 Å². The molecule has 0 radical (unpaired) electrons. The molecule has 0 bridgehead atoms. The van der Waals surface area contributed by atoms with Crippen molar-refractivity contribution >= 4 is 17.3 Å². The molecule has 4 heteroatoms. The van der Waals surface area contributed by atoms with Crippen LogP contribution in [0.4, 0.5) is 11.4 Å². The van der Waals surface area contributed by atoms with Crippen molar-refractivity contribution in [2.45, 2.75) is 6.92 Å². The molecule has 0 unspecified atom stereocenters. The highest BCUT2D eigenvalue weighted by atomic mass is 16.1. The molecule has 0 aromatic heterocycles. The minimum absolute atomic E-state index is 0.213. The number of carbonyl (C=O) groups is 1. The molecule has 0 aliphatic rings. The van der Waals surface area contributed by atoms with Gasteiger partial charge in [0.05, 0.1) is 11.6 Å². The summed E-state index contributed by atoms with van der Waals surface area (Å²) in [6, 6.07) is 14.0. The molecular weight excluding hydrogens is 238 g/mol. The molecule has 0 saturated heterocycles. The largest absolute Gasteiger partial charge is 0.398 e. The zero-order chi connectivity index (χ0) is 13.8.